The van der Waals surface area contributed by atoms with Gasteiger partial charge in [-0.25, -0.2) is 23.6 Å². The van der Waals surface area contributed by atoms with Crippen molar-refractivity contribution in [3.63, 3.8) is 0 Å². The number of urea groups is 1. The van der Waals surface area contributed by atoms with Crippen molar-refractivity contribution in [2.75, 3.05) is 13.7 Å². The van der Waals surface area contributed by atoms with Gasteiger partial charge in [-0.05, 0) is 36.5 Å². The van der Waals surface area contributed by atoms with Crippen LogP contribution in [-0.2, 0) is 16.1 Å². The molecule has 1 saturated heterocycles. The summed E-state index contributed by atoms with van der Waals surface area (Å²) >= 11 is 0. The van der Waals surface area contributed by atoms with Crippen molar-refractivity contribution in [2.24, 2.45) is 17.6 Å². The summed E-state index contributed by atoms with van der Waals surface area (Å²) in [4.78, 5) is 68.0. The Hall–Kier alpha value is -3.71. The second-order valence-corrected chi connectivity index (χ2v) is 10.8. The van der Waals surface area contributed by atoms with Gasteiger partial charge >= 0.3 is 23.8 Å². The van der Waals surface area contributed by atoms with Crippen LogP contribution in [0.2, 0.25) is 0 Å². The third-order valence-corrected chi connectivity index (χ3v) is 7.44. The highest BCUT2D eigenvalue weighted by Crippen LogP contribution is 2.33. The molecule has 3 rings (SSSR count). The topological polar surface area (TPSA) is 155 Å². The highest BCUT2D eigenvalue weighted by molar-refractivity contribution is 6.03. The quantitative estimate of drug-likeness (QED) is 0.378. The van der Waals surface area contributed by atoms with E-state index in [-0.39, 0.29) is 19.0 Å². The predicted molar refractivity (Wildman–Crippen MR) is 141 cm³/mol. The molecule has 13 heteroatoms. The van der Waals surface area contributed by atoms with Crippen LogP contribution in [0.3, 0.4) is 0 Å². The van der Waals surface area contributed by atoms with Gasteiger partial charge in [-0.2, -0.15) is 14.1 Å². The lowest BCUT2D eigenvalue weighted by atomic mass is 9.97. The second kappa shape index (κ2) is 12.2. The van der Waals surface area contributed by atoms with E-state index in [1.165, 1.54) is 24.3 Å². The second-order valence-electron chi connectivity index (χ2n) is 10.8. The number of halogens is 1. The summed E-state index contributed by atoms with van der Waals surface area (Å²) in [5.74, 6) is -4.48. The van der Waals surface area contributed by atoms with E-state index in [9.17, 15) is 28.4 Å². The molecule has 1 fully saturated rings. The Morgan fingerprint density at radius 3 is 2.30 bits per heavy atom. The van der Waals surface area contributed by atoms with Crippen molar-refractivity contribution in [1.82, 2.24) is 14.7 Å². The number of nitrogens with two attached hydrogens (primary N) is 1. The predicted octanol–water partition coefficient (Wildman–Crippen LogP) is 2.93. The summed E-state index contributed by atoms with van der Waals surface area (Å²) in [6, 6.07) is 1.39. The molecule has 1 aromatic heterocycles. The molecule has 218 valence electrons. The number of carbonyl (C=O) groups excluding carboxylic acids is 4. The molecule has 4 amide bonds. The molecular formula is C27H37FN5O7+. The Labute approximate surface area is 231 Å². The third kappa shape index (κ3) is 5.75. The first-order chi connectivity index (χ1) is 18.8. The van der Waals surface area contributed by atoms with Gasteiger partial charge in [0.25, 0.3) is 5.89 Å². The molecule has 0 spiro atoms. The number of hydrogen-bond acceptors (Lipinski definition) is 9. The van der Waals surface area contributed by atoms with E-state index in [1.54, 1.807) is 34.6 Å². The number of amides is 4. The summed E-state index contributed by atoms with van der Waals surface area (Å²) in [6.45, 7) is 8.43. The van der Waals surface area contributed by atoms with E-state index in [1.807, 2.05) is 0 Å². The molecule has 4 atom stereocenters. The molecule has 0 bridgehead atoms. The molecule has 12 nitrogen and oxygen atoms in total. The number of imide groups is 2. The number of ketones is 1. The standard InChI is InChI=1S/C27H37FN5O7/c1-15(2)20(29)24(35)33(13-7-8-17(33)5)25(36)32(27(38)39-6)21(16(3)4)22(34)23-30-31(26(37)40-23)14-18-9-11-19(28)12-10-18/h9-12,15-17,20-21H,7-8,13-14,29H2,1-6H3/q+1/t17-,20+,21+,33?/m1/s1. The number of likely N-dealkylation sites (tertiary alicyclic amines) is 1. The highest BCUT2D eigenvalue weighted by atomic mass is 19.1. The fraction of sp³-hybridized carbons (Fsp3) is 0.556. The molecule has 2 heterocycles. The van der Waals surface area contributed by atoms with E-state index >= 15 is 0 Å². The minimum Gasteiger partial charge on any atom is -0.452 e. The number of hydrogen-bond donors (Lipinski definition) is 1. The molecule has 1 aromatic carbocycles. The average molecular weight is 563 g/mol. The normalized spacial score (nSPS) is 20.4. The summed E-state index contributed by atoms with van der Waals surface area (Å²) < 4.78 is 23.4. The largest absolute Gasteiger partial charge is 0.452 e. The van der Waals surface area contributed by atoms with Gasteiger partial charge in [0.1, 0.15) is 23.9 Å². The first-order valence-corrected chi connectivity index (χ1v) is 13.2. The Morgan fingerprint density at radius 1 is 1.18 bits per heavy atom. The van der Waals surface area contributed by atoms with Gasteiger partial charge in [0, 0.05) is 12.8 Å². The zero-order valence-electron chi connectivity index (χ0n) is 23.6. The summed E-state index contributed by atoms with van der Waals surface area (Å²) in [5, 5.41) is 3.99. The van der Waals surface area contributed by atoms with E-state index in [0.717, 1.165) is 11.8 Å². The zero-order valence-corrected chi connectivity index (χ0v) is 23.6. The molecular weight excluding hydrogens is 525 g/mol. The number of rotatable bonds is 8. The number of ether oxygens (including phenoxy) is 1. The molecule has 1 aliphatic heterocycles. The van der Waals surface area contributed by atoms with Gasteiger partial charge in [-0.3, -0.25) is 4.79 Å². The minimum absolute atomic E-state index is 0.104. The minimum atomic E-state index is -1.51. The van der Waals surface area contributed by atoms with Crippen LogP contribution in [0.15, 0.2) is 33.5 Å². The van der Waals surface area contributed by atoms with Crippen LogP contribution in [-0.4, -0.2) is 74.8 Å². The fourth-order valence-corrected chi connectivity index (χ4v) is 5.05. The number of Topliss-reactive ketones (excluding diaryl/α,β-unsaturated/α-hetero) is 1. The lowest BCUT2D eigenvalue weighted by Gasteiger charge is -2.40. The van der Waals surface area contributed by atoms with E-state index < -0.39 is 69.8 Å². The Bertz CT molecular complexity index is 1320. The smallest absolute Gasteiger partial charge is 0.437 e. The van der Waals surface area contributed by atoms with Crippen molar-refractivity contribution in [3.05, 3.63) is 52.1 Å². The SMILES string of the molecule is COC(=O)N(C(=O)[N+]1(C(=O)[C@@H](N)C(C)C)CCC[C@H]1C)[C@H](C(=O)c1nn(Cc2ccc(F)cc2)c(=O)o1)C(C)C. The van der Waals surface area contributed by atoms with Crippen molar-refractivity contribution in [1.29, 1.82) is 0 Å². The van der Waals surface area contributed by atoms with Crippen LogP contribution >= 0.6 is 0 Å². The highest BCUT2D eigenvalue weighted by Gasteiger charge is 2.59. The molecule has 1 aliphatic rings. The molecule has 0 aliphatic carbocycles. The van der Waals surface area contributed by atoms with Crippen LogP contribution in [0, 0.1) is 17.7 Å². The summed E-state index contributed by atoms with van der Waals surface area (Å²) in [6.07, 6.45) is -0.0884. The Kier molecular flexibility index (Phi) is 9.41. The van der Waals surface area contributed by atoms with Gasteiger partial charge < -0.3 is 14.9 Å². The molecule has 0 saturated carbocycles. The van der Waals surface area contributed by atoms with Crippen molar-refractivity contribution in [2.45, 2.75) is 72.1 Å². The maximum absolute atomic E-state index is 14.3. The summed E-state index contributed by atoms with van der Waals surface area (Å²) in [7, 11) is 1.06. The Balaban J connectivity index is 2.05. The number of carbonyl (C=O) groups is 4. The van der Waals surface area contributed by atoms with Gasteiger partial charge in [0.15, 0.2) is 0 Å². The maximum atomic E-state index is 14.3. The van der Waals surface area contributed by atoms with Gasteiger partial charge in [-0.1, -0.05) is 39.8 Å². The maximum Gasteiger partial charge on any atom is 0.437 e. The zero-order chi connectivity index (χ0) is 29.9. The molecule has 1 unspecified atom stereocenters. The monoisotopic (exact) mass is 562 g/mol. The van der Waals surface area contributed by atoms with Crippen LogP contribution < -0.4 is 11.5 Å². The summed E-state index contributed by atoms with van der Waals surface area (Å²) in [5.41, 5.74) is 6.73. The number of nitrogens with zero attached hydrogens (tertiary/aromatic N) is 4. The first-order valence-electron chi connectivity index (χ1n) is 13.2. The number of aromatic nitrogens is 2. The van der Waals surface area contributed by atoms with Gasteiger partial charge in [0.05, 0.1) is 20.2 Å². The number of methoxy groups -OCH3 is 1. The molecule has 2 N–H and O–H groups in total. The third-order valence-electron chi connectivity index (χ3n) is 7.44. The Morgan fingerprint density at radius 2 is 1.80 bits per heavy atom. The lowest BCUT2D eigenvalue weighted by Crippen LogP contribution is -2.70. The fourth-order valence-electron chi connectivity index (χ4n) is 5.05. The van der Waals surface area contributed by atoms with Crippen LogP contribution in [0.5, 0.6) is 0 Å². The molecule has 40 heavy (non-hydrogen) atoms. The average Bonchev–Trinajstić information content (AvgIpc) is 3.48. The first kappa shape index (κ1) is 30.8. The van der Waals surface area contributed by atoms with Crippen molar-refractivity contribution >= 4 is 23.8 Å². The van der Waals surface area contributed by atoms with Crippen molar-refractivity contribution < 1.29 is 37.2 Å². The van der Waals surface area contributed by atoms with E-state index in [0.29, 0.717) is 23.3 Å². The molecule has 2 aromatic rings. The van der Waals surface area contributed by atoms with Crippen LogP contribution in [0.1, 0.15) is 63.7 Å². The lowest BCUT2D eigenvalue weighted by molar-refractivity contribution is -0.788. The van der Waals surface area contributed by atoms with Crippen molar-refractivity contribution in [3.8, 4) is 0 Å². The van der Waals surface area contributed by atoms with Gasteiger partial charge in [0.2, 0.25) is 5.78 Å². The van der Waals surface area contributed by atoms with E-state index in [4.69, 9.17) is 14.9 Å². The number of benzene rings is 1. The number of quaternary nitrogens is 1. The van der Waals surface area contributed by atoms with Gasteiger partial charge in [-0.15, -0.1) is 5.10 Å². The van der Waals surface area contributed by atoms with Crippen LogP contribution in [0.25, 0.3) is 0 Å². The molecule has 0 radical (unpaired) electrons. The van der Waals surface area contributed by atoms with E-state index in [2.05, 4.69) is 5.10 Å². The van der Waals surface area contributed by atoms with Crippen LogP contribution in [0.4, 0.5) is 14.0 Å².